The Morgan fingerprint density at radius 3 is 2.39 bits per heavy atom. The van der Waals surface area contributed by atoms with Crippen LogP contribution in [0, 0.1) is 6.92 Å². The second-order valence-corrected chi connectivity index (χ2v) is 8.60. The number of nitrogens with zero attached hydrogens (tertiary/aromatic N) is 4. The van der Waals surface area contributed by atoms with Crippen molar-refractivity contribution in [2.45, 2.75) is 32.7 Å². The lowest BCUT2D eigenvalue weighted by Gasteiger charge is -2.28. The van der Waals surface area contributed by atoms with Crippen LogP contribution in [0.5, 0.6) is 0 Å². The third-order valence-corrected chi connectivity index (χ3v) is 5.82. The molecular formula is C27H23F3N6. The van der Waals surface area contributed by atoms with Crippen LogP contribution in [-0.2, 0) is 12.7 Å². The number of nitrogens with one attached hydrogen (secondary N) is 2. The summed E-state index contributed by atoms with van der Waals surface area (Å²) in [7, 11) is 0. The fraction of sp³-hybridized carbons (Fsp3) is 0.185. The number of amidine groups is 1. The predicted octanol–water partition coefficient (Wildman–Crippen LogP) is 5.84. The van der Waals surface area contributed by atoms with E-state index in [4.69, 9.17) is 4.99 Å². The third kappa shape index (κ3) is 5.05. The average molecular weight is 489 g/mol. The van der Waals surface area contributed by atoms with Crippen molar-refractivity contribution >= 4 is 11.5 Å². The van der Waals surface area contributed by atoms with Crippen LogP contribution in [-0.4, -0.2) is 27.0 Å². The molecule has 0 saturated heterocycles. The van der Waals surface area contributed by atoms with E-state index in [2.05, 4.69) is 25.6 Å². The first-order chi connectivity index (χ1) is 17.3. The molecule has 6 nitrogen and oxygen atoms in total. The van der Waals surface area contributed by atoms with Crippen LogP contribution in [0.1, 0.15) is 29.4 Å². The van der Waals surface area contributed by atoms with Gasteiger partial charge >= 0.3 is 6.18 Å². The zero-order valence-electron chi connectivity index (χ0n) is 19.6. The van der Waals surface area contributed by atoms with Gasteiger partial charge < -0.3 is 10.6 Å². The van der Waals surface area contributed by atoms with Crippen LogP contribution in [0.15, 0.2) is 78.2 Å². The van der Waals surface area contributed by atoms with Gasteiger partial charge in [-0.2, -0.15) is 13.2 Å². The van der Waals surface area contributed by atoms with Crippen molar-refractivity contribution in [3.63, 3.8) is 0 Å². The summed E-state index contributed by atoms with van der Waals surface area (Å²) in [6.45, 7) is 4.32. The summed E-state index contributed by atoms with van der Waals surface area (Å²) >= 11 is 0. The van der Waals surface area contributed by atoms with Gasteiger partial charge in [-0.15, -0.1) is 0 Å². The lowest BCUT2D eigenvalue weighted by atomic mass is 10.0. The number of alkyl halides is 3. The topological polar surface area (TPSA) is 75.1 Å². The van der Waals surface area contributed by atoms with E-state index in [0.29, 0.717) is 23.5 Å². The molecule has 4 heterocycles. The van der Waals surface area contributed by atoms with Crippen molar-refractivity contribution in [2.24, 2.45) is 4.99 Å². The number of hydrogen-bond donors (Lipinski definition) is 2. The molecule has 1 aliphatic heterocycles. The molecule has 0 radical (unpaired) electrons. The number of aryl methyl sites for hydroxylation is 1. The van der Waals surface area contributed by atoms with Gasteiger partial charge in [0.05, 0.1) is 18.4 Å². The highest BCUT2D eigenvalue weighted by molar-refractivity contribution is 6.06. The van der Waals surface area contributed by atoms with Crippen LogP contribution in [0.2, 0.25) is 0 Å². The first kappa shape index (κ1) is 23.5. The molecule has 0 saturated carbocycles. The lowest BCUT2D eigenvalue weighted by molar-refractivity contribution is -0.141. The van der Waals surface area contributed by atoms with E-state index in [1.54, 1.807) is 18.3 Å². The number of rotatable bonds is 4. The largest absolute Gasteiger partial charge is 0.433 e. The number of benzene rings is 1. The summed E-state index contributed by atoms with van der Waals surface area (Å²) in [6.07, 6.45) is 0.154. The molecule has 1 atom stereocenters. The van der Waals surface area contributed by atoms with Crippen LogP contribution in [0.3, 0.4) is 0 Å². The van der Waals surface area contributed by atoms with Gasteiger partial charge in [0.2, 0.25) is 0 Å². The Morgan fingerprint density at radius 2 is 1.64 bits per heavy atom. The van der Waals surface area contributed by atoms with Crippen LogP contribution in [0.25, 0.3) is 22.4 Å². The summed E-state index contributed by atoms with van der Waals surface area (Å²) in [4.78, 5) is 17.0. The highest BCUT2D eigenvalue weighted by Crippen LogP contribution is 2.33. The molecule has 0 spiro atoms. The van der Waals surface area contributed by atoms with Gasteiger partial charge in [-0.1, -0.05) is 12.1 Å². The number of aliphatic imine (C=N–C) groups is 1. The highest BCUT2D eigenvalue weighted by atomic mass is 19.4. The number of pyridine rings is 3. The number of halogens is 3. The average Bonchev–Trinajstić information content (AvgIpc) is 2.87. The molecular weight excluding hydrogens is 465 g/mol. The van der Waals surface area contributed by atoms with Gasteiger partial charge in [-0.3, -0.25) is 19.9 Å². The standard InChI is InChI=1S/C27H23F3N6/c1-16-11-21(8-9-31-16)23-6-3-18(14-33-23)15-34-26-22-5-4-19(12-24(22)35-17(2)36-26)20-7-10-32-25(13-20)27(28,29)30/h3-14,17,35H,15H2,1-2H3,(H,34,36). The summed E-state index contributed by atoms with van der Waals surface area (Å²) in [6, 6.07) is 16.0. The molecule has 1 aliphatic rings. The van der Waals surface area contributed by atoms with E-state index >= 15 is 0 Å². The molecule has 1 unspecified atom stereocenters. The molecule has 9 heteroatoms. The molecule has 1 aromatic carbocycles. The lowest BCUT2D eigenvalue weighted by Crippen LogP contribution is -2.43. The molecule has 5 rings (SSSR count). The highest BCUT2D eigenvalue weighted by Gasteiger charge is 2.32. The molecule has 0 aliphatic carbocycles. The molecule has 0 fully saturated rings. The number of hydrogen-bond acceptors (Lipinski definition) is 5. The van der Waals surface area contributed by atoms with E-state index in [9.17, 15) is 13.2 Å². The zero-order chi connectivity index (χ0) is 25.3. The van der Waals surface area contributed by atoms with E-state index in [0.717, 1.165) is 39.8 Å². The maximum absolute atomic E-state index is 13.1. The first-order valence-electron chi connectivity index (χ1n) is 11.4. The Morgan fingerprint density at radius 1 is 0.861 bits per heavy atom. The summed E-state index contributed by atoms with van der Waals surface area (Å²) < 4.78 is 39.3. The molecule has 3 aromatic heterocycles. The molecule has 0 amide bonds. The third-order valence-electron chi connectivity index (χ3n) is 5.82. The minimum atomic E-state index is -4.50. The van der Waals surface area contributed by atoms with Crippen molar-refractivity contribution in [3.8, 4) is 22.4 Å². The summed E-state index contributed by atoms with van der Waals surface area (Å²) in [5.74, 6) is 0.711. The van der Waals surface area contributed by atoms with Crippen LogP contribution >= 0.6 is 0 Å². The van der Waals surface area contributed by atoms with E-state index < -0.39 is 11.9 Å². The van der Waals surface area contributed by atoms with Crippen molar-refractivity contribution < 1.29 is 13.2 Å². The SMILES string of the molecule is Cc1cc(-c2ccc(CN=C3NC(C)Nc4cc(-c5ccnc(C(F)(F)F)c5)ccc43)cn2)ccn1. The minimum Gasteiger partial charge on any atom is -0.365 e. The van der Waals surface area contributed by atoms with Crippen molar-refractivity contribution in [3.05, 3.63) is 95.7 Å². The number of aromatic nitrogens is 3. The maximum atomic E-state index is 13.1. The molecule has 36 heavy (non-hydrogen) atoms. The fourth-order valence-corrected chi connectivity index (χ4v) is 4.06. The Labute approximate surface area is 206 Å². The van der Waals surface area contributed by atoms with Gasteiger partial charge in [0, 0.05) is 41.1 Å². The van der Waals surface area contributed by atoms with Gasteiger partial charge in [-0.25, -0.2) is 0 Å². The van der Waals surface area contributed by atoms with Crippen molar-refractivity contribution in [1.82, 2.24) is 20.3 Å². The van der Waals surface area contributed by atoms with Gasteiger partial charge in [0.15, 0.2) is 0 Å². The maximum Gasteiger partial charge on any atom is 0.433 e. The van der Waals surface area contributed by atoms with Gasteiger partial charge in [-0.05, 0) is 73.0 Å². The Kier molecular flexibility index (Phi) is 6.13. The van der Waals surface area contributed by atoms with Crippen molar-refractivity contribution in [1.29, 1.82) is 0 Å². The zero-order valence-corrected chi connectivity index (χ0v) is 19.6. The van der Waals surface area contributed by atoms with Crippen molar-refractivity contribution in [2.75, 3.05) is 5.32 Å². The summed E-state index contributed by atoms with van der Waals surface area (Å²) in [5.41, 5.74) is 5.60. The Hall–Kier alpha value is -4.27. The molecule has 2 N–H and O–H groups in total. The first-order valence-corrected chi connectivity index (χ1v) is 11.4. The Balaban J connectivity index is 1.38. The fourth-order valence-electron chi connectivity index (χ4n) is 4.06. The van der Waals surface area contributed by atoms with E-state index in [-0.39, 0.29) is 6.17 Å². The second-order valence-electron chi connectivity index (χ2n) is 8.60. The normalized spacial score (nSPS) is 16.2. The van der Waals surface area contributed by atoms with E-state index in [1.165, 1.54) is 6.20 Å². The smallest absolute Gasteiger partial charge is 0.365 e. The monoisotopic (exact) mass is 488 g/mol. The number of fused-ring (bicyclic) bond motifs is 1. The molecule has 0 bridgehead atoms. The molecule has 182 valence electrons. The number of anilines is 1. The second kappa shape index (κ2) is 9.41. The predicted molar refractivity (Wildman–Crippen MR) is 133 cm³/mol. The van der Waals surface area contributed by atoms with Crippen LogP contribution < -0.4 is 10.6 Å². The minimum absolute atomic E-state index is 0.106. The quantitative estimate of drug-likeness (QED) is 0.378. The molecule has 4 aromatic rings. The Bertz CT molecular complexity index is 1430. The van der Waals surface area contributed by atoms with E-state index in [1.807, 2.05) is 56.4 Å². The van der Waals surface area contributed by atoms with Gasteiger partial charge in [0.1, 0.15) is 11.5 Å². The van der Waals surface area contributed by atoms with Crippen LogP contribution in [0.4, 0.5) is 18.9 Å². The van der Waals surface area contributed by atoms with Gasteiger partial charge in [0.25, 0.3) is 0 Å². The summed E-state index contributed by atoms with van der Waals surface area (Å²) in [5, 5.41) is 6.65.